The van der Waals surface area contributed by atoms with Crippen LogP contribution in [0.5, 0.6) is 23.0 Å². The number of nitrogens with one attached hydrogen (secondary N) is 1. The topological polar surface area (TPSA) is 167 Å². The van der Waals surface area contributed by atoms with Crippen LogP contribution >= 0.6 is 0 Å². The molecule has 14 heteroatoms. The fraction of sp³-hybridized carbons (Fsp3) is 0.490. The average Bonchev–Trinajstić information content (AvgIpc) is 3.75. The molecule has 4 aliphatic rings. The van der Waals surface area contributed by atoms with E-state index in [1.165, 1.54) is 7.11 Å². The van der Waals surface area contributed by atoms with Gasteiger partial charge in [-0.05, 0) is 105 Å². The second-order valence-electron chi connectivity index (χ2n) is 17.5. The number of rotatable bonds is 18. The summed E-state index contributed by atoms with van der Waals surface area (Å²) in [4.78, 5) is 35.5. The van der Waals surface area contributed by atoms with Gasteiger partial charge in [0.2, 0.25) is 12.6 Å². The maximum Gasteiger partial charge on any atom is 0.412 e. The molecule has 2 aliphatic carbocycles. The van der Waals surface area contributed by atoms with Gasteiger partial charge in [-0.3, -0.25) is 4.90 Å². The predicted molar refractivity (Wildman–Crippen MR) is 236 cm³/mol. The molecular weight excluding hydrogens is 807 g/mol. The SMILES string of the molecule is C=CCO[C@@]12Oc3ccc(OC(=O)NCc4ccccc4)cc3[C@H]3[C@H](CCCCO)[C@@H](CCCCO)C=C(C(=NOC(C)(C)C)C[C@@H]1N(Cc1ccc4c(c1)OCO4)C(=O)OC)[C@H]32. The van der Waals surface area contributed by atoms with E-state index in [9.17, 15) is 19.8 Å². The molecule has 2 aliphatic heterocycles. The van der Waals surface area contributed by atoms with Gasteiger partial charge in [-0.25, -0.2) is 9.59 Å². The van der Waals surface area contributed by atoms with Crippen LogP contribution in [0.25, 0.3) is 0 Å². The summed E-state index contributed by atoms with van der Waals surface area (Å²) < 4.78 is 37.2. The van der Waals surface area contributed by atoms with Gasteiger partial charge < -0.3 is 48.8 Å². The molecule has 3 aromatic carbocycles. The Balaban J connectivity index is 1.40. The van der Waals surface area contributed by atoms with Crippen LogP contribution in [0.2, 0.25) is 0 Å². The lowest BCUT2D eigenvalue weighted by molar-refractivity contribution is -0.256. The third-order valence-corrected chi connectivity index (χ3v) is 12.1. The van der Waals surface area contributed by atoms with Gasteiger partial charge >= 0.3 is 12.2 Å². The number of oxime groups is 1. The van der Waals surface area contributed by atoms with Crippen molar-refractivity contribution in [3.63, 3.8) is 0 Å². The van der Waals surface area contributed by atoms with E-state index in [1.54, 1.807) is 23.1 Å². The number of nitrogens with zero attached hydrogens (tertiary/aromatic N) is 2. The van der Waals surface area contributed by atoms with E-state index in [1.807, 2.05) is 75.4 Å². The number of unbranched alkanes of at least 4 members (excludes halogenated alkanes) is 2. The van der Waals surface area contributed by atoms with Crippen LogP contribution in [0.4, 0.5) is 9.59 Å². The van der Waals surface area contributed by atoms with Gasteiger partial charge in [0.05, 0.1) is 25.3 Å². The van der Waals surface area contributed by atoms with Gasteiger partial charge in [-0.1, -0.05) is 66.5 Å². The zero-order valence-electron chi connectivity index (χ0n) is 36.8. The van der Waals surface area contributed by atoms with Gasteiger partial charge in [0, 0.05) is 44.2 Å². The zero-order valence-corrected chi connectivity index (χ0v) is 36.8. The van der Waals surface area contributed by atoms with Crippen LogP contribution in [0, 0.1) is 17.8 Å². The summed E-state index contributed by atoms with van der Waals surface area (Å²) in [6.07, 6.45) is 7.22. The molecule has 0 unspecified atom stereocenters. The number of allylic oxidation sites excluding steroid dienone is 1. The first-order valence-electron chi connectivity index (χ1n) is 22.0. The first kappa shape index (κ1) is 45.5. The summed E-state index contributed by atoms with van der Waals surface area (Å²) in [6.45, 7) is 10.5. The van der Waals surface area contributed by atoms with Crippen molar-refractivity contribution in [3.05, 3.63) is 108 Å². The quantitative estimate of drug-likeness (QED) is 0.0638. The Kier molecular flexibility index (Phi) is 14.6. The fourth-order valence-electron chi connectivity index (χ4n) is 9.47. The van der Waals surface area contributed by atoms with Crippen molar-refractivity contribution in [2.24, 2.45) is 22.9 Å². The number of carbonyl (C=O) groups excluding carboxylic acids is 2. The summed E-state index contributed by atoms with van der Waals surface area (Å²) >= 11 is 0. The Morgan fingerprint density at radius 2 is 1.70 bits per heavy atom. The van der Waals surface area contributed by atoms with Crippen molar-refractivity contribution in [1.29, 1.82) is 0 Å². The van der Waals surface area contributed by atoms with E-state index < -0.39 is 35.5 Å². The molecule has 0 spiro atoms. The molecule has 0 aromatic heterocycles. The molecule has 3 aromatic rings. The molecule has 2 heterocycles. The molecular formula is C49H61N3O11. The van der Waals surface area contributed by atoms with Gasteiger partial charge in [0.25, 0.3) is 0 Å². The van der Waals surface area contributed by atoms with E-state index in [2.05, 4.69) is 18.0 Å². The highest BCUT2D eigenvalue weighted by atomic mass is 16.7. The summed E-state index contributed by atoms with van der Waals surface area (Å²) in [7, 11) is 1.35. The highest BCUT2D eigenvalue weighted by molar-refractivity contribution is 6.03. The normalized spacial score (nSPS) is 23.7. The Labute approximate surface area is 369 Å². The Morgan fingerprint density at radius 3 is 2.43 bits per heavy atom. The highest BCUT2D eigenvalue weighted by Gasteiger charge is 2.65. The molecule has 3 N–H and O–H groups in total. The average molecular weight is 868 g/mol. The zero-order chi connectivity index (χ0) is 44.6. The Bertz CT molecular complexity index is 2140. The summed E-state index contributed by atoms with van der Waals surface area (Å²) in [6, 6.07) is 19.7. The molecule has 1 fully saturated rings. The van der Waals surface area contributed by atoms with Gasteiger partial charge in [0.15, 0.2) is 11.5 Å². The number of aliphatic hydroxyl groups is 2. The summed E-state index contributed by atoms with van der Waals surface area (Å²) in [5.74, 6) is -0.423. The van der Waals surface area contributed by atoms with E-state index in [-0.39, 0.29) is 57.3 Å². The lowest BCUT2D eigenvalue weighted by atomic mass is 9.55. The number of hydrogen-bond acceptors (Lipinski definition) is 12. The Hall–Kier alpha value is -5.57. The van der Waals surface area contributed by atoms with Gasteiger partial charge in [-0.2, -0.15) is 0 Å². The number of fused-ring (bicyclic) bond motifs is 3. The molecule has 338 valence electrons. The maximum atomic E-state index is 14.3. The largest absolute Gasteiger partial charge is 0.459 e. The monoisotopic (exact) mass is 867 g/mol. The van der Waals surface area contributed by atoms with Crippen molar-refractivity contribution >= 4 is 17.9 Å². The Morgan fingerprint density at radius 1 is 0.952 bits per heavy atom. The number of amides is 2. The van der Waals surface area contributed by atoms with E-state index in [4.69, 9.17) is 38.4 Å². The third kappa shape index (κ3) is 10.3. The molecule has 0 saturated heterocycles. The van der Waals surface area contributed by atoms with Gasteiger partial charge in [0.1, 0.15) is 23.1 Å². The number of aliphatic hydroxyl groups excluding tert-OH is 2. The van der Waals surface area contributed by atoms with Crippen LogP contribution in [-0.4, -0.2) is 84.2 Å². The minimum atomic E-state index is -1.52. The first-order chi connectivity index (χ1) is 30.5. The molecule has 0 bridgehead atoms. The predicted octanol–water partition coefficient (Wildman–Crippen LogP) is 8.40. The highest BCUT2D eigenvalue weighted by Crippen LogP contribution is 2.62. The first-order valence-corrected chi connectivity index (χ1v) is 22.0. The second kappa shape index (κ2) is 20.3. The van der Waals surface area contributed by atoms with Crippen molar-refractivity contribution in [3.8, 4) is 23.0 Å². The number of carbonyl (C=O) groups is 2. The maximum absolute atomic E-state index is 14.3. The second-order valence-corrected chi connectivity index (χ2v) is 17.5. The van der Waals surface area contributed by atoms with Gasteiger partial charge in [-0.15, -0.1) is 6.58 Å². The molecule has 14 nitrogen and oxygen atoms in total. The van der Waals surface area contributed by atoms with Crippen LogP contribution < -0.4 is 24.3 Å². The van der Waals surface area contributed by atoms with E-state index in [0.717, 1.165) is 47.9 Å². The molecule has 7 rings (SSSR count). The third-order valence-electron chi connectivity index (χ3n) is 12.1. The van der Waals surface area contributed by atoms with Crippen LogP contribution in [0.1, 0.15) is 88.3 Å². The van der Waals surface area contributed by atoms with Crippen LogP contribution in [-0.2, 0) is 27.4 Å². The molecule has 2 amide bonds. The minimum absolute atomic E-state index is 0.00928. The molecule has 63 heavy (non-hydrogen) atoms. The standard InChI is InChI=1S/C49H61N3O11/c1-6-24-60-49-43(52(47(56)57-5)30-33-18-20-41-42(25-33)59-31-58-41)28-39(51-63-48(2,3)4)37-26-34(16-10-12-22-53)36(17-11-13-23-54)44(45(37)49)38-27-35(19-21-40(38)62-49)61-46(55)50-29-32-14-8-7-9-15-32/h6-9,14-15,18-21,25-27,34,36,43-45,53-54H,1,10-13,16-17,22-24,28-31H2,2-5H3,(H,50,55)/t34-,36+,43-,44+,45+,49+/m0/s1. The van der Waals surface area contributed by atoms with E-state index >= 15 is 0 Å². The van der Waals surface area contributed by atoms with E-state index in [0.29, 0.717) is 48.1 Å². The summed E-state index contributed by atoms with van der Waals surface area (Å²) in [5.41, 5.74) is 3.39. The van der Waals surface area contributed by atoms with Crippen molar-refractivity contribution in [2.75, 3.05) is 33.7 Å². The van der Waals surface area contributed by atoms with Crippen molar-refractivity contribution in [1.82, 2.24) is 10.2 Å². The number of methoxy groups -OCH3 is 1. The smallest absolute Gasteiger partial charge is 0.412 e. The van der Waals surface area contributed by atoms with Crippen molar-refractivity contribution in [2.45, 2.75) is 102 Å². The summed E-state index contributed by atoms with van der Waals surface area (Å²) in [5, 5.41) is 27.6. The van der Waals surface area contributed by atoms with Crippen LogP contribution in [0.3, 0.4) is 0 Å². The number of hydrogen-bond donors (Lipinski definition) is 3. The molecule has 1 saturated carbocycles. The number of benzene rings is 3. The van der Waals surface area contributed by atoms with Crippen LogP contribution in [0.15, 0.2) is 96.2 Å². The molecule has 0 radical (unpaired) electrons. The minimum Gasteiger partial charge on any atom is -0.459 e. The number of ether oxygens (including phenoxy) is 6. The lowest BCUT2D eigenvalue weighted by Gasteiger charge is -2.59. The fourth-order valence-corrected chi connectivity index (χ4v) is 9.47. The molecule has 6 atom stereocenters. The van der Waals surface area contributed by atoms with Crippen molar-refractivity contribution < 1.29 is 53.1 Å². The lowest BCUT2D eigenvalue weighted by Crippen LogP contribution is -2.70.